The van der Waals surface area contributed by atoms with Crippen molar-refractivity contribution in [1.29, 1.82) is 0 Å². The minimum absolute atomic E-state index is 0.886. The summed E-state index contributed by atoms with van der Waals surface area (Å²) >= 11 is 0. The Morgan fingerprint density at radius 1 is 0.311 bits per heavy atom. The van der Waals surface area contributed by atoms with Crippen molar-refractivity contribution in [2.24, 2.45) is 0 Å². The first kappa shape index (κ1) is 39.4. The fourth-order valence-corrected chi connectivity index (χ4v) is 6.77. The van der Waals surface area contributed by atoms with E-state index in [1.54, 1.807) is 12.2 Å². The summed E-state index contributed by atoms with van der Waals surface area (Å²) in [7, 11) is 0. The summed E-state index contributed by atoms with van der Waals surface area (Å²) in [6.45, 7) is 7.64. The molecule has 61 heavy (non-hydrogen) atoms. The zero-order valence-corrected chi connectivity index (χ0v) is 33.7. The van der Waals surface area contributed by atoms with E-state index in [-0.39, 0.29) is 0 Å². The molecule has 0 spiro atoms. The van der Waals surface area contributed by atoms with Crippen molar-refractivity contribution in [2.45, 2.75) is 0 Å². The van der Waals surface area contributed by atoms with Crippen LogP contribution in [0, 0.1) is 0 Å². The predicted molar refractivity (Wildman–Crippen MR) is 262 cm³/mol. The molecule has 0 saturated carbocycles. The summed E-state index contributed by atoms with van der Waals surface area (Å²) < 4.78 is 0. The maximum atomic E-state index is 3.87. The van der Waals surface area contributed by atoms with E-state index in [1.165, 1.54) is 0 Å². The van der Waals surface area contributed by atoms with E-state index in [9.17, 15) is 0 Å². The molecule has 0 heterocycles. The van der Waals surface area contributed by atoms with Crippen LogP contribution >= 0.6 is 0 Å². The van der Waals surface area contributed by atoms with Crippen LogP contribution in [0.15, 0.2) is 243 Å². The molecule has 0 fully saturated rings. The molecule has 8 aromatic rings. The molecule has 0 amide bonds. The van der Waals surface area contributed by atoms with Crippen LogP contribution in [-0.2, 0) is 0 Å². The van der Waals surface area contributed by atoms with Crippen molar-refractivity contribution in [2.75, 3.05) is 36.8 Å². The largest absolute Gasteiger partial charge is 0.356 e. The van der Waals surface area contributed by atoms with Gasteiger partial charge in [-0.15, -0.1) is 0 Å². The quantitative estimate of drug-likeness (QED) is 0.0513. The van der Waals surface area contributed by atoms with Gasteiger partial charge in [0.25, 0.3) is 0 Å². The molecule has 7 heteroatoms. The zero-order chi connectivity index (χ0) is 41.6. The highest BCUT2D eigenvalue weighted by Crippen LogP contribution is 2.37. The Hall–Kier alpha value is -8.42. The molecule has 0 aliphatic rings. The Balaban J connectivity index is 0.988. The summed E-state index contributed by atoms with van der Waals surface area (Å²) in [5.41, 5.74) is 15.1. The molecule has 0 aliphatic heterocycles. The number of para-hydroxylation sites is 2. The van der Waals surface area contributed by atoms with E-state index in [0.29, 0.717) is 0 Å². The standard InChI is InChI=1S/C54H47N7/c1-3-11-40(4-2)55-43-16-18-46(19-17-43)58-49-28-34-52(35-29-49)61(53-36-30-50(31-37-53)59-47-24-20-44(21-25-47)56-41-12-7-5-8-13-41)54-38-32-51(33-39-54)60-48-26-22-45(23-27-48)57-42-14-9-6-10-15-42/h3-39,55-60H,1-2H2/b40-11+. The molecule has 0 radical (unpaired) electrons. The summed E-state index contributed by atoms with van der Waals surface area (Å²) in [5.74, 6) is 0. The van der Waals surface area contributed by atoms with Crippen molar-refractivity contribution in [3.63, 3.8) is 0 Å². The lowest BCUT2D eigenvalue weighted by atomic mass is 10.1. The van der Waals surface area contributed by atoms with Crippen LogP contribution in [-0.4, -0.2) is 0 Å². The maximum absolute atomic E-state index is 3.87. The number of hydrogen-bond donors (Lipinski definition) is 6. The van der Waals surface area contributed by atoms with Gasteiger partial charge in [0.05, 0.1) is 0 Å². The van der Waals surface area contributed by atoms with E-state index >= 15 is 0 Å². The van der Waals surface area contributed by atoms with Crippen molar-refractivity contribution < 1.29 is 0 Å². The highest BCUT2D eigenvalue weighted by Gasteiger charge is 2.14. The smallest absolute Gasteiger partial charge is 0.0463 e. The summed E-state index contributed by atoms with van der Waals surface area (Å²) in [6.07, 6.45) is 5.39. The van der Waals surface area contributed by atoms with Gasteiger partial charge in [-0.05, 0) is 182 Å². The second-order valence-corrected chi connectivity index (χ2v) is 14.3. The third-order valence-electron chi connectivity index (χ3n) is 9.83. The summed E-state index contributed by atoms with van der Waals surface area (Å²) in [6, 6.07) is 70.7. The molecule has 298 valence electrons. The number of nitrogens with zero attached hydrogens (tertiary/aromatic N) is 1. The molecule has 0 bridgehead atoms. The van der Waals surface area contributed by atoms with Crippen LogP contribution < -0.4 is 36.8 Å². The van der Waals surface area contributed by atoms with Gasteiger partial charge < -0.3 is 36.8 Å². The van der Waals surface area contributed by atoms with E-state index in [1.807, 2.05) is 66.7 Å². The lowest BCUT2D eigenvalue weighted by Gasteiger charge is -2.26. The fourth-order valence-electron chi connectivity index (χ4n) is 6.77. The summed E-state index contributed by atoms with van der Waals surface area (Å²) in [5, 5.41) is 20.9. The van der Waals surface area contributed by atoms with Crippen LogP contribution in [0.2, 0.25) is 0 Å². The lowest BCUT2D eigenvalue weighted by molar-refractivity contribution is 1.28. The average Bonchev–Trinajstić information content (AvgIpc) is 3.31. The average molecular weight is 794 g/mol. The third kappa shape index (κ3) is 10.8. The number of rotatable bonds is 17. The second-order valence-electron chi connectivity index (χ2n) is 14.3. The molecule has 0 aromatic heterocycles. The first-order valence-corrected chi connectivity index (χ1v) is 20.1. The topological polar surface area (TPSA) is 75.4 Å². The first-order valence-electron chi connectivity index (χ1n) is 20.1. The Kier molecular flexibility index (Phi) is 12.5. The number of benzene rings is 8. The predicted octanol–water partition coefficient (Wildman–Crippen LogP) is 15.5. The third-order valence-corrected chi connectivity index (χ3v) is 9.83. The Morgan fingerprint density at radius 2 is 0.557 bits per heavy atom. The van der Waals surface area contributed by atoms with Crippen LogP contribution in [0.5, 0.6) is 0 Å². The van der Waals surface area contributed by atoms with Gasteiger partial charge in [0.15, 0.2) is 0 Å². The monoisotopic (exact) mass is 793 g/mol. The Morgan fingerprint density at radius 3 is 0.820 bits per heavy atom. The molecule has 0 atom stereocenters. The van der Waals surface area contributed by atoms with E-state index in [4.69, 9.17) is 0 Å². The SMILES string of the molecule is C=C/C=C(\C=C)Nc1ccc(Nc2ccc(N(c3ccc(Nc4ccc(Nc5ccccc5)cc4)cc3)c3ccc(Nc4ccc(Nc5ccccc5)cc4)cc3)cc2)cc1. The molecule has 7 nitrogen and oxygen atoms in total. The van der Waals surface area contributed by atoms with Crippen molar-refractivity contribution in [3.05, 3.63) is 243 Å². The molecular weight excluding hydrogens is 747 g/mol. The molecule has 8 rings (SSSR count). The van der Waals surface area contributed by atoms with Gasteiger partial charge >= 0.3 is 0 Å². The molecule has 0 unspecified atom stereocenters. The number of hydrogen-bond acceptors (Lipinski definition) is 7. The normalized spacial score (nSPS) is 10.9. The molecule has 0 saturated heterocycles. The van der Waals surface area contributed by atoms with Gasteiger partial charge in [-0.2, -0.15) is 0 Å². The highest BCUT2D eigenvalue weighted by molar-refractivity contribution is 5.80. The van der Waals surface area contributed by atoms with Crippen molar-refractivity contribution in [1.82, 2.24) is 0 Å². The molecule has 8 aromatic carbocycles. The minimum atomic E-state index is 0.886. The first-order chi connectivity index (χ1) is 30.1. The van der Waals surface area contributed by atoms with E-state index in [0.717, 1.165) is 85.3 Å². The summed E-state index contributed by atoms with van der Waals surface area (Å²) in [4.78, 5) is 2.26. The van der Waals surface area contributed by atoms with Gasteiger partial charge in [0.2, 0.25) is 0 Å². The van der Waals surface area contributed by atoms with Crippen LogP contribution in [0.3, 0.4) is 0 Å². The molecule has 6 N–H and O–H groups in total. The van der Waals surface area contributed by atoms with Crippen molar-refractivity contribution in [3.8, 4) is 0 Å². The van der Waals surface area contributed by atoms with Gasteiger partial charge in [0, 0.05) is 85.3 Å². The van der Waals surface area contributed by atoms with Gasteiger partial charge in [-0.1, -0.05) is 55.6 Å². The van der Waals surface area contributed by atoms with Crippen LogP contribution in [0.25, 0.3) is 0 Å². The van der Waals surface area contributed by atoms with Crippen LogP contribution in [0.4, 0.5) is 79.6 Å². The Labute approximate surface area is 358 Å². The second kappa shape index (κ2) is 19.4. The molecule has 0 aliphatic carbocycles. The number of allylic oxidation sites excluding steroid dienone is 3. The maximum Gasteiger partial charge on any atom is 0.0463 e. The Bertz CT molecular complexity index is 2530. The van der Waals surface area contributed by atoms with Gasteiger partial charge in [0.1, 0.15) is 0 Å². The fraction of sp³-hybridized carbons (Fsp3) is 0. The van der Waals surface area contributed by atoms with E-state index < -0.39 is 0 Å². The van der Waals surface area contributed by atoms with Crippen LogP contribution in [0.1, 0.15) is 0 Å². The van der Waals surface area contributed by atoms with Gasteiger partial charge in [-0.25, -0.2) is 0 Å². The zero-order valence-electron chi connectivity index (χ0n) is 33.7. The van der Waals surface area contributed by atoms with Crippen molar-refractivity contribution >= 4 is 79.6 Å². The van der Waals surface area contributed by atoms with E-state index in [2.05, 4.69) is 196 Å². The molecular formula is C54H47N7. The minimum Gasteiger partial charge on any atom is -0.356 e. The number of anilines is 14. The highest BCUT2D eigenvalue weighted by atomic mass is 15.1. The lowest BCUT2D eigenvalue weighted by Crippen LogP contribution is -2.10. The number of nitrogens with one attached hydrogen (secondary N) is 6. The van der Waals surface area contributed by atoms with Gasteiger partial charge in [-0.3, -0.25) is 0 Å².